The molecule has 4 rings (SSSR count). The molecule has 3 aromatic rings. The first kappa shape index (κ1) is 29.8. The van der Waals surface area contributed by atoms with Crippen LogP contribution in [0.4, 0.5) is 0 Å². The molecule has 0 spiro atoms. The molecular weight excluding hydrogens is 496 g/mol. The molecule has 214 valence electrons. The maximum absolute atomic E-state index is 13.6. The summed E-state index contributed by atoms with van der Waals surface area (Å²) in [6.45, 7) is 13.0. The molecule has 0 unspecified atom stereocenters. The monoisotopic (exact) mass is 542 g/mol. The highest BCUT2D eigenvalue weighted by Crippen LogP contribution is 2.43. The van der Waals surface area contributed by atoms with Gasteiger partial charge in [-0.1, -0.05) is 77.6 Å². The summed E-state index contributed by atoms with van der Waals surface area (Å²) in [5, 5.41) is 2.74. The third-order valence-electron chi connectivity index (χ3n) is 8.28. The molecule has 0 aliphatic heterocycles. The van der Waals surface area contributed by atoms with Gasteiger partial charge in [-0.15, -0.1) is 0 Å². The summed E-state index contributed by atoms with van der Waals surface area (Å²) in [5.41, 5.74) is 11.1. The standard InChI is InChI=1S/C36H46O4/c1-7-15-23-25-19-13-14-20-26(25)24(16-8-2)30-22-32-28(18-10-4)34(36(38)40-12-6)33(35(37)39-11-5)27(17-9-3)31(32)21-29(23)30/h13-14,19-20H,7-12,15-18,21-22H2,1-6H3. The molecule has 40 heavy (non-hydrogen) atoms. The van der Waals surface area contributed by atoms with Crippen molar-refractivity contribution in [3.8, 4) is 0 Å². The summed E-state index contributed by atoms with van der Waals surface area (Å²) >= 11 is 0. The first-order valence-corrected chi connectivity index (χ1v) is 15.5. The van der Waals surface area contributed by atoms with Crippen molar-refractivity contribution in [2.75, 3.05) is 13.2 Å². The molecule has 0 bridgehead atoms. The van der Waals surface area contributed by atoms with Crippen LogP contribution in [0.25, 0.3) is 10.8 Å². The molecule has 0 saturated heterocycles. The number of carbonyl (C=O) groups excluding carboxylic acids is 2. The highest BCUT2D eigenvalue weighted by atomic mass is 16.5. The predicted octanol–water partition coefficient (Wildman–Crippen LogP) is 8.50. The van der Waals surface area contributed by atoms with E-state index in [1.54, 1.807) is 0 Å². The van der Waals surface area contributed by atoms with E-state index >= 15 is 0 Å². The van der Waals surface area contributed by atoms with Crippen LogP contribution in [0.3, 0.4) is 0 Å². The Morgan fingerprint density at radius 3 is 1.20 bits per heavy atom. The second-order valence-corrected chi connectivity index (χ2v) is 10.9. The minimum absolute atomic E-state index is 0.267. The SMILES string of the molecule is CCCc1c2c(c(CCC)c(C(=O)OCC)c1C(=O)OCC)Cc1c(c(CCC)c3ccccc3c1CCC)C2. The number of rotatable bonds is 12. The number of ether oxygens (including phenoxy) is 2. The lowest BCUT2D eigenvalue weighted by Gasteiger charge is -2.32. The first-order chi connectivity index (χ1) is 19.5. The molecule has 3 aromatic carbocycles. The van der Waals surface area contributed by atoms with E-state index in [2.05, 4.69) is 52.0 Å². The van der Waals surface area contributed by atoms with Crippen LogP contribution in [0, 0.1) is 0 Å². The molecule has 1 aliphatic rings. The van der Waals surface area contributed by atoms with Crippen LogP contribution in [-0.4, -0.2) is 25.2 Å². The van der Waals surface area contributed by atoms with Crippen LogP contribution < -0.4 is 0 Å². The van der Waals surface area contributed by atoms with Crippen molar-refractivity contribution in [2.45, 2.75) is 106 Å². The number of hydrogen-bond acceptors (Lipinski definition) is 4. The van der Waals surface area contributed by atoms with E-state index in [0.29, 0.717) is 11.1 Å². The molecular formula is C36H46O4. The fraction of sp³-hybridized carbons (Fsp3) is 0.500. The Kier molecular flexibility index (Phi) is 10.1. The zero-order valence-electron chi connectivity index (χ0n) is 25.4. The lowest BCUT2D eigenvalue weighted by molar-refractivity contribution is 0.0476. The van der Waals surface area contributed by atoms with Crippen molar-refractivity contribution in [3.05, 3.63) is 79.9 Å². The van der Waals surface area contributed by atoms with Crippen molar-refractivity contribution in [1.29, 1.82) is 0 Å². The molecule has 0 fully saturated rings. The number of aryl methyl sites for hydroxylation is 2. The van der Waals surface area contributed by atoms with Gasteiger partial charge in [0, 0.05) is 0 Å². The molecule has 0 aromatic heterocycles. The number of hydrogen-bond donors (Lipinski definition) is 0. The smallest absolute Gasteiger partial charge is 0.339 e. The Morgan fingerprint density at radius 1 is 0.550 bits per heavy atom. The largest absolute Gasteiger partial charge is 0.462 e. The van der Waals surface area contributed by atoms with Gasteiger partial charge in [-0.2, -0.15) is 0 Å². The van der Waals surface area contributed by atoms with Gasteiger partial charge in [0.1, 0.15) is 0 Å². The number of fused-ring (bicyclic) bond motifs is 3. The van der Waals surface area contributed by atoms with E-state index in [1.807, 2.05) is 13.8 Å². The Balaban J connectivity index is 2.13. The Bertz CT molecular complexity index is 1290. The van der Waals surface area contributed by atoms with Gasteiger partial charge in [-0.25, -0.2) is 9.59 Å². The van der Waals surface area contributed by atoms with Gasteiger partial charge >= 0.3 is 11.9 Å². The average molecular weight is 543 g/mol. The van der Waals surface area contributed by atoms with E-state index < -0.39 is 11.9 Å². The lowest BCUT2D eigenvalue weighted by atomic mass is 9.72. The second kappa shape index (κ2) is 13.5. The molecule has 0 radical (unpaired) electrons. The highest BCUT2D eigenvalue weighted by molar-refractivity contribution is 6.06. The van der Waals surface area contributed by atoms with Crippen LogP contribution in [0.1, 0.15) is 132 Å². The van der Waals surface area contributed by atoms with Crippen molar-refractivity contribution in [3.63, 3.8) is 0 Å². The normalized spacial score (nSPS) is 12.2. The van der Waals surface area contributed by atoms with Gasteiger partial charge in [0.2, 0.25) is 0 Å². The van der Waals surface area contributed by atoms with Gasteiger partial charge < -0.3 is 9.47 Å². The zero-order chi connectivity index (χ0) is 28.8. The summed E-state index contributed by atoms with van der Waals surface area (Å²) in [5.74, 6) is -0.808. The zero-order valence-corrected chi connectivity index (χ0v) is 25.4. The Morgan fingerprint density at radius 2 is 0.875 bits per heavy atom. The second-order valence-electron chi connectivity index (χ2n) is 10.9. The third-order valence-corrected chi connectivity index (χ3v) is 8.28. The first-order valence-electron chi connectivity index (χ1n) is 15.5. The maximum atomic E-state index is 13.6. The van der Waals surface area contributed by atoms with Crippen LogP contribution in [0.2, 0.25) is 0 Å². The van der Waals surface area contributed by atoms with Crippen LogP contribution in [0.15, 0.2) is 24.3 Å². The number of carbonyl (C=O) groups is 2. The predicted molar refractivity (Wildman–Crippen MR) is 164 cm³/mol. The van der Waals surface area contributed by atoms with E-state index in [-0.39, 0.29) is 13.2 Å². The fourth-order valence-corrected chi connectivity index (χ4v) is 6.85. The van der Waals surface area contributed by atoms with Crippen molar-refractivity contribution in [2.24, 2.45) is 0 Å². The Labute approximate surface area is 240 Å². The summed E-state index contributed by atoms with van der Waals surface area (Å²) in [6, 6.07) is 8.90. The lowest BCUT2D eigenvalue weighted by Crippen LogP contribution is -2.25. The van der Waals surface area contributed by atoms with E-state index in [9.17, 15) is 9.59 Å². The van der Waals surface area contributed by atoms with Gasteiger partial charge in [0.05, 0.1) is 24.3 Å². The van der Waals surface area contributed by atoms with Crippen molar-refractivity contribution < 1.29 is 19.1 Å². The topological polar surface area (TPSA) is 52.6 Å². The molecule has 4 nitrogen and oxygen atoms in total. The van der Waals surface area contributed by atoms with E-state index in [1.165, 1.54) is 44.2 Å². The minimum atomic E-state index is -0.404. The summed E-state index contributed by atoms with van der Waals surface area (Å²) in [6.07, 6.45) is 9.01. The van der Waals surface area contributed by atoms with E-state index in [4.69, 9.17) is 9.47 Å². The van der Waals surface area contributed by atoms with Crippen LogP contribution in [0.5, 0.6) is 0 Å². The number of benzene rings is 3. The van der Waals surface area contributed by atoms with Crippen molar-refractivity contribution in [1.82, 2.24) is 0 Å². The van der Waals surface area contributed by atoms with Crippen molar-refractivity contribution >= 4 is 22.7 Å². The maximum Gasteiger partial charge on any atom is 0.339 e. The summed E-state index contributed by atoms with van der Waals surface area (Å²) < 4.78 is 11.2. The number of esters is 2. The van der Waals surface area contributed by atoms with E-state index in [0.717, 1.165) is 75.3 Å². The Hall–Kier alpha value is -3.14. The van der Waals surface area contributed by atoms with Gasteiger partial charge in [-0.3, -0.25) is 0 Å². The molecule has 1 aliphatic carbocycles. The van der Waals surface area contributed by atoms with Gasteiger partial charge in [0.15, 0.2) is 0 Å². The van der Waals surface area contributed by atoms with Gasteiger partial charge in [-0.05, 0) is 108 Å². The minimum Gasteiger partial charge on any atom is -0.462 e. The molecule has 0 saturated carbocycles. The molecule has 0 N–H and O–H groups in total. The fourth-order valence-electron chi connectivity index (χ4n) is 6.85. The highest BCUT2D eigenvalue weighted by Gasteiger charge is 2.35. The van der Waals surface area contributed by atoms with Gasteiger partial charge in [0.25, 0.3) is 0 Å². The van der Waals surface area contributed by atoms with Crippen LogP contribution in [-0.2, 0) is 48.0 Å². The molecule has 0 amide bonds. The molecule has 4 heteroatoms. The average Bonchev–Trinajstić information content (AvgIpc) is 2.95. The summed E-state index contributed by atoms with van der Waals surface area (Å²) in [7, 11) is 0. The quantitative estimate of drug-likeness (QED) is 0.168. The summed E-state index contributed by atoms with van der Waals surface area (Å²) in [4.78, 5) is 27.2. The van der Waals surface area contributed by atoms with Crippen LogP contribution >= 0.6 is 0 Å². The molecule has 0 atom stereocenters. The third kappa shape index (κ3) is 5.42. The molecule has 0 heterocycles.